The molecule has 0 amide bonds. The van der Waals surface area contributed by atoms with Crippen molar-refractivity contribution in [3.63, 3.8) is 0 Å². The summed E-state index contributed by atoms with van der Waals surface area (Å²) in [5.74, 6) is 1.88. The van der Waals surface area contributed by atoms with Crippen LogP contribution in [0, 0.1) is 5.41 Å². The quantitative estimate of drug-likeness (QED) is 0.666. The molecule has 2 aliphatic rings. The molecule has 3 aromatic rings. The second kappa shape index (κ2) is 7.11. The molecule has 3 aromatic heterocycles. The lowest BCUT2D eigenvalue weighted by Crippen LogP contribution is -2.45. The predicted molar refractivity (Wildman–Crippen MR) is 112 cm³/mol. The van der Waals surface area contributed by atoms with Gasteiger partial charge in [0.25, 0.3) is 5.56 Å². The van der Waals surface area contributed by atoms with Crippen molar-refractivity contribution in [2.24, 2.45) is 5.41 Å². The van der Waals surface area contributed by atoms with E-state index in [4.69, 9.17) is 9.72 Å². The maximum atomic E-state index is 13.3. The largest absolute Gasteiger partial charge is 0.380 e. The first-order valence-electron chi connectivity index (χ1n) is 10.0. The van der Waals surface area contributed by atoms with Crippen LogP contribution in [-0.2, 0) is 11.3 Å². The van der Waals surface area contributed by atoms with Crippen LogP contribution in [0.25, 0.3) is 10.8 Å². The van der Waals surface area contributed by atoms with Crippen LogP contribution in [0.5, 0.6) is 0 Å². The highest BCUT2D eigenvalue weighted by Gasteiger charge is 2.34. The summed E-state index contributed by atoms with van der Waals surface area (Å²) in [6.07, 6.45) is 10.2. The van der Waals surface area contributed by atoms with Gasteiger partial charge in [-0.15, -0.1) is 0 Å². The number of aromatic nitrogens is 4. The first kappa shape index (κ1) is 18.1. The monoisotopic (exact) mass is 392 g/mol. The summed E-state index contributed by atoms with van der Waals surface area (Å²) < 4.78 is 7.13. The molecule has 0 atom stereocenters. The van der Waals surface area contributed by atoms with Crippen LogP contribution in [0.4, 0.5) is 17.5 Å². The molecule has 1 saturated heterocycles. The molecule has 29 heavy (non-hydrogen) atoms. The fourth-order valence-electron chi connectivity index (χ4n) is 3.79. The van der Waals surface area contributed by atoms with E-state index in [2.05, 4.69) is 27.5 Å². The summed E-state index contributed by atoms with van der Waals surface area (Å²) in [5, 5.41) is 8.15. The van der Waals surface area contributed by atoms with Crippen molar-refractivity contribution < 1.29 is 4.74 Å². The number of rotatable bonds is 6. The molecule has 0 bridgehead atoms. The lowest BCUT2D eigenvalue weighted by Gasteiger charge is -2.38. The number of fused-ring (bicyclic) bond motifs is 1. The first-order valence-corrected chi connectivity index (χ1v) is 10.0. The van der Waals surface area contributed by atoms with Crippen LogP contribution in [0.1, 0.15) is 26.2 Å². The Kier molecular flexibility index (Phi) is 4.43. The molecule has 0 unspecified atom stereocenters. The highest BCUT2D eigenvalue weighted by atomic mass is 16.5. The van der Waals surface area contributed by atoms with E-state index in [1.807, 2.05) is 18.3 Å². The van der Waals surface area contributed by atoms with Crippen LogP contribution in [0.3, 0.4) is 0 Å². The SMILES string of the molecule is CC1(Cn2ccc3cc(Nc4cnccn4)nc(NC4CCC4)c3c2=O)COC1. The van der Waals surface area contributed by atoms with Gasteiger partial charge in [-0.3, -0.25) is 9.78 Å². The summed E-state index contributed by atoms with van der Waals surface area (Å²) in [5.41, 5.74) is -0.00373. The summed E-state index contributed by atoms with van der Waals surface area (Å²) in [7, 11) is 0. The zero-order valence-electron chi connectivity index (χ0n) is 16.4. The molecule has 0 radical (unpaired) electrons. The molecule has 5 rings (SSSR count). The topological polar surface area (TPSA) is 94.0 Å². The minimum atomic E-state index is -0.0176. The Morgan fingerprint density at radius 1 is 1.28 bits per heavy atom. The molecule has 1 aliphatic heterocycles. The van der Waals surface area contributed by atoms with Gasteiger partial charge in [-0.25, -0.2) is 9.97 Å². The van der Waals surface area contributed by atoms with E-state index in [1.54, 1.807) is 23.2 Å². The van der Waals surface area contributed by atoms with Gasteiger partial charge in [0.2, 0.25) is 0 Å². The Morgan fingerprint density at radius 3 is 2.79 bits per heavy atom. The average Bonchev–Trinajstić information content (AvgIpc) is 2.66. The Labute approximate surface area is 168 Å². The molecule has 8 heteroatoms. The Bertz CT molecular complexity index is 1090. The fraction of sp³-hybridized carbons (Fsp3) is 0.429. The zero-order chi connectivity index (χ0) is 19.8. The minimum Gasteiger partial charge on any atom is -0.380 e. The number of nitrogens with zero attached hydrogens (tertiary/aromatic N) is 4. The number of hydrogen-bond donors (Lipinski definition) is 2. The molecular formula is C21H24N6O2. The highest BCUT2D eigenvalue weighted by Crippen LogP contribution is 2.30. The zero-order valence-corrected chi connectivity index (χ0v) is 16.4. The van der Waals surface area contributed by atoms with Crippen molar-refractivity contribution in [3.8, 4) is 0 Å². The van der Waals surface area contributed by atoms with E-state index in [9.17, 15) is 4.79 Å². The van der Waals surface area contributed by atoms with E-state index >= 15 is 0 Å². The van der Waals surface area contributed by atoms with Crippen LogP contribution in [-0.4, -0.2) is 38.8 Å². The van der Waals surface area contributed by atoms with E-state index in [1.165, 1.54) is 6.42 Å². The third kappa shape index (κ3) is 3.55. The van der Waals surface area contributed by atoms with Gasteiger partial charge >= 0.3 is 0 Å². The molecular weight excluding hydrogens is 368 g/mol. The van der Waals surface area contributed by atoms with Crippen LogP contribution < -0.4 is 16.2 Å². The van der Waals surface area contributed by atoms with E-state index in [-0.39, 0.29) is 11.0 Å². The van der Waals surface area contributed by atoms with Gasteiger partial charge < -0.3 is 19.9 Å². The summed E-state index contributed by atoms with van der Waals surface area (Å²) in [6, 6.07) is 4.23. The lowest BCUT2D eigenvalue weighted by molar-refractivity contribution is -0.110. The lowest BCUT2D eigenvalue weighted by atomic mass is 9.88. The first-order chi connectivity index (χ1) is 14.1. The summed E-state index contributed by atoms with van der Waals surface area (Å²) in [6.45, 7) is 4.16. The van der Waals surface area contributed by atoms with Crippen molar-refractivity contribution in [2.75, 3.05) is 23.8 Å². The van der Waals surface area contributed by atoms with Crippen molar-refractivity contribution >= 4 is 28.2 Å². The number of anilines is 3. The molecule has 8 nitrogen and oxygen atoms in total. The van der Waals surface area contributed by atoms with Gasteiger partial charge in [0.05, 0.1) is 24.8 Å². The van der Waals surface area contributed by atoms with Crippen LogP contribution in [0.15, 0.2) is 41.7 Å². The van der Waals surface area contributed by atoms with Crippen molar-refractivity contribution in [1.82, 2.24) is 19.5 Å². The molecule has 0 spiro atoms. The molecule has 0 aromatic carbocycles. The fourth-order valence-corrected chi connectivity index (χ4v) is 3.79. The second-order valence-corrected chi connectivity index (χ2v) is 8.36. The molecule has 2 N–H and O–H groups in total. The van der Waals surface area contributed by atoms with E-state index < -0.39 is 0 Å². The van der Waals surface area contributed by atoms with Gasteiger partial charge in [0, 0.05) is 36.6 Å². The minimum absolute atomic E-state index is 0.0139. The van der Waals surface area contributed by atoms with Crippen molar-refractivity contribution in [2.45, 2.75) is 38.8 Å². The number of hydrogen-bond acceptors (Lipinski definition) is 7. The van der Waals surface area contributed by atoms with Crippen molar-refractivity contribution in [3.05, 3.63) is 47.3 Å². The smallest absolute Gasteiger partial charge is 0.262 e. The Hall–Kier alpha value is -3.00. The number of pyridine rings is 2. The van der Waals surface area contributed by atoms with Gasteiger partial charge in [0.15, 0.2) is 0 Å². The molecule has 150 valence electrons. The Morgan fingerprint density at radius 2 is 2.14 bits per heavy atom. The van der Waals surface area contributed by atoms with Gasteiger partial charge in [0.1, 0.15) is 17.5 Å². The second-order valence-electron chi connectivity index (χ2n) is 8.36. The van der Waals surface area contributed by atoms with E-state index in [0.29, 0.717) is 48.6 Å². The highest BCUT2D eigenvalue weighted by molar-refractivity contribution is 5.93. The number of nitrogens with one attached hydrogen (secondary N) is 2. The maximum Gasteiger partial charge on any atom is 0.262 e. The summed E-state index contributed by atoms with van der Waals surface area (Å²) in [4.78, 5) is 26.4. The van der Waals surface area contributed by atoms with Crippen LogP contribution >= 0.6 is 0 Å². The standard InChI is InChI=1S/C21H24N6O2/c1-21(12-29-13-21)11-27-8-5-14-9-16(25-17-10-22-6-7-23-17)26-19(18(14)20(27)28)24-15-3-2-4-15/h5-10,15H,2-4,11-13H2,1H3,(H2,23,24,25,26). The summed E-state index contributed by atoms with van der Waals surface area (Å²) >= 11 is 0. The van der Waals surface area contributed by atoms with Gasteiger partial charge in [-0.1, -0.05) is 6.92 Å². The molecule has 2 fully saturated rings. The molecule has 1 aliphatic carbocycles. The predicted octanol–water partition coefficient (Wildman–Crippen LogP) is 2.93. The average molecular weight is 392 g/mol. The normalized spacial score (nSPS) is 18.1. The molecule has 1 saturated carbocycles. The van der Waals surface area contributed by atoms with Gasteiger partial charge in [-0.05, 0) is 36.8 Å². The van der Waals surface area contributed by atoms with E-state index in [0.717, 1.165) is 18.2 Å². The maximum absolute atomic E-state index is 13.3. The third-order valence-corrected chi connectivity index (χ3v) is 5.68. The Balaban J connectivity index is 1.56. The van der Waals surface area contributed by atoms with Crippen molar-refractivity contribution in [1.29, 1.82) is 0 Å². The number of ether oxygens (including phenoxy) is 1. The van der Waals surface area contributed by atoms with Gasteiger partial charge in [-0.2, -0.15) is 0 Å². The van der Waals surface area contributed by atoms with Crippen LogP contribution in [0.2, 0.25) is 0 Å². The molecule has 4 heterocycles. The third-order valence-electron chi connectivity index (χ3n) is 5.68.